The standard InChI is InChI=1S/C19H20N2O4/c1-19(2)18(23)20-16-13(21-19)10-9-12(15(16)17(22)25-4)11-7-5-6-8-14(11)24-3/h5-10,21H,1-4H3,(H,20,23). The van der Waals surface area contributed by atoms with Crippen LogP contribution >= 0.6 is 0 Å². The van der Waals surface area contributed by atoms with E-state index in [1.165, 1.54) is 7.11 Å². The highest BCUT2D eigenvalue weighted by atomic mass is 16.5. The van der Waals surface area contributed by atoms with Crippen LogP contribution in [0.2, 0.25) is 0 Å². The van der Waals surface area contributed by atoms with Gasteiger partial charge in [-0.1, -0.05) is 24.3 Å². The molecule has 0 aliphatic carbocycles. The molecule has 0 saturated carbocycles. The lowest BCUT2D eigenvalue weighted by atomic mass is 9.92. The number of para-hydroxylation sites is 1. The summed E-state index contributed by atoms with van der Waals surface area (Å²) in [6, 6.07) is 11.0. The van der Waals surface area contributed by atoms with E-state index in [-0.39, 0.29) is 5.91 Å². The Balaban J connectivity index is 2.27. The van der Waals surface area contributed by atoms with Gasteiger partial charge in [0.15, 0.2) is 0 Å². The van der Waals surface area contributed by atoms with Crippen LogP contribution in [0.4, 0.5) is 11.4 Å². The molecule has 0 fully saturated rings. The van der Waals surface area contributed by atoms with Crippen LogP contribution in [0.15, 0.2) is 36.4 Å². The van der Waals surface area contributed by atoms with E-state index >= 15 is 0 Å². The van der Waals surface area contributed by atoms with E-state index in [0.29, 0.717) is 28.3 Å². The van der Waals surface area contributed by atoms with Crippen LogP contribution in [-0.4, -0.2) is 31.6 Å². The van der Waals surface area contributed by atoms with Gasteiger partial charge in [0.25, 0.3) is 0 Å². The number of rotatable bonds is 3. The molecule has 1 aliphatic heterocycles. The number of nitrogens with one attached hydrogen (secondary N) is 2. The third kappa shape index (κ3) is 2.80. The van der Waals surface area contributed by atoms with Crippen molar-refractivity contribution in [2.45, 2.75) is 19.4 Å². The Labute approximate surface area is 146 Å². The van der Waals surface area contributed by atoms with E-state index in [1.54, 1.807) is 21.0 Å². The molecule has 25 heavy (non-hydrogen) atoms. The number of esters is 1. The van der Waals surface area contributed by atoms with Crippen LogP contribution in [-0.2, 0) is 9.53 Å². The minimum Gasteiger partial charge on any atom is -0.496 e. The molecule has 0 aromatic heterocycles. The fourth-order valence-corrected chi connectivity index (χ4v) is 2.91. The fraction of sp³-hybridized carbons (Fsp3) is 0.263. The van der Waals surface area contributed by atoms with Gasteiger partial charge in [-0.15, -0.1) is 0 Å². The van der Waals surface area contributed by atoms with Crippen molar-refractivity contribution in [3.8, 4) is 16.9 Å². The number of amides is 1. The smallest absolute Gasteiger partial charge is 0.340 e. The molecule has 2 aromatic rings. The number of methoxy groups -OCH3 is 2. The van der Waals surface area contributed by atoms with Gasteiger partial charge in [0.2, 0.25) is 5.91 Å². The minimum atomic E-state index is -0.771. The van der Waals surface area contributed by atoms with Gasteiger partial charge in [0, 0.05) is 11.1 Å². The molecular formula is C19H20N2O4. The van der Waals surface area contributed by atoms with E-state index in [1.807, 2.05) is 36.4 Å². The van der Waals surface area contributed by atoms with Crippen molar-refractivity contribution in [3.05, 3.63) is 42.0 Å². The average Bonchev–Trinajstić information content (AvgIpc) is 2.61. The van der Waals surface area contributed by atoms with E-state index in [9.17, 15) is 9.59 Å². The fourth-order valence-electron chi connectivity index (χ4n) is 2.91. The van der Waals surface area contributed by atoms with E-state index < -0.39 is 11.5 Å². The summed E-state index contributed by atoms with van der Waals surface area (Å²) >= 11 is 0. The number of fused-ring (bicyclic) bond motifs is 1. The SMILES string of the molecule is COC(=O)c1c(-c2ccccc2OC)ccc2c1NC(=O)C(C)(C)N2. The van der Waals surface area contributed by atoms with Gasteiger partial charge in [-0.25, -0.2) is 4.79 Å². The second kappa shape index (κ2) is 6.12. The number of ether oxygens (including phenoxy) is 2. The quantitative estimate of drug-likeness (QED) is 0.839. The molecule has 1 aliphatic rings. The van der Waals surface area contributed by atoms with Crippen molar-refractivity contribution in [2.75, 3.05) is 24.9 Å². The third-order valence-electron chi connectivity index (χ3n) is 4.25. The molecule has 0 radical (unpaired) electrons. The Morgan fingerprint density at radius 1 is 1.04 bits per heavy atom. The van der Waals surface area contributed by atoms with Gasteiger partial charge in [-0.3, -0.25) is 4.79 Å². The number of benzene rings is 2. The second-order valence-electron chi connectivity index (χ2n) is 6.31. The van der Waals surface area contributed by atoms with E-state index in [4.69, 9.17) is 9.47 Å². The first-order valence-electron chi connectivity index (χ1n) is 7.87. The number of anilines is 2. The Kier molecular flexibility index (Phi) is 4.12. The molecule has 6 heteroatoms. The first kappa shape index (κ1) is 16.8. The van der Waals surface area contributed by atoms with Gasteiger partial charge in [0.1, 0.15) is 11.3 Å². The number of carbonyl (C=O) groups excluding carboxylic acids is 2. The maximum absolute atomic E-state index is 12.5. The summed E-state index contributed by atoms with van der Waals surface area (Å²) in [6.45, 7) is 3.55. The molecule has 0 bridgehead atoms. The van der Waals surface area contributed by atoms with Crippen molar-refractivity contribution in [1.29, 1.82) is 0 Å². The zero-order valence-electron chi connectivity index (χ0n) is 14.6. The largest absolute Gasteiger partial charge is 0.496 e. The van der Waals surface area contributed by atoms with Crippen LogP contribution in [0.5, 0.6) is 5.75 Å². The summed E-state index contributed by atoms with van der Waals surface area (Å²) in [5, 5.41) is 6.00. The zero-order chi connectivity index (χ0) is 18.2. The van der Waals surface area contributed by atoms with Gasteiger partial charge in [-0.2, -0.15) is 0 Å². The Morgan fingerprint density at radius 2 is 1.76 bits per heavy atom. The van der Waals surface area contributed by atoms with Crippen molar-refractivity contribution in [3.63, 3.8) is 0 Å². The van der Waals surface area contributed by atoms with Crippen LogP contribution in [0.25, 0.3) is 11.1 Å². The molecule has 0 atom stereocenters. The number of hydrogen-bond donors (Lipinski definition) is 2. The molecule has 2 N–H and O–H groups in total. The minimum absolute atomic E-state index is 0.220. The van der Waals surface area contributed by atoms with Crippen molar-refractivity contribution >= 4 is 23.3 Å². The highest BCUT2D eigenvalue weighted by Gasteiger charge is 2.36. The first-order valence-corrected chi connectivity index (χ1v) is 7.87. The van der Waals surface area contributed by atoms with Gasteiger partial charge < -0.3 is 20.1 Å². The van der Waals surface area contributed by atoms with Gasteiger partial charge >= 0.3 is 5.97 Å². The summed E-state index contributed by atoms with van der Waals surface area (Å²) in [4.78, 5) is 24.9. The van der Waals surface area contributed by atoms with Crippen molar-refractivity contribution < 1.29 is 19.1 Å². The average molecular weight is 340 g/mol. The maximum atomic E-state index is 12.5. The topological polar surface area (TPSA) is 76.7 Å². The van der Waals surface area contributed by atoms with Gasteiger partial charge in [0.05, 0.1) is 31.2 Å². The van der Waals surface area contributed by atoms with E-state index in [2.05, 4.69) is 10.6 Å². The molecule has 3 rings (SSSR count). The third-order valence-corrected chi connectivity index (χ3v) is 4.25. The van der Waals surface area contributed by atoms with Crippen LogP contribution in [0.1, 0.15) is 24.2 Å². The molecule has 0 saturated heterocycles. The Hall–Kier alpha value is -3.02. The van der Waals surface area contributed by atoms with Crippen molar-refractivity contribution in [1.82, 2.24) is 0 Å². The normalized spacial score (nSPS) is 14.8. The van der Waals surface area contributed by atoms with Crippen molar-refractivity contribution in [2.24, 2.45) is 0 Å². The molecule has 0 spiro atoms. The number of carbonyl (C=O) groups is 2. The highest BCUT2D eigenvalue weighted by molar-refractivity contribution is 6.14. The maximum Gasteiger partial charge on any atom is 0.340 e. The highest BCUT2D eigenvalue weighted by Crippen LogP contribution is 2.41. The van der Waals surface area contributed by atoms with Crippen LogP contribution in [0.3, 0.4) is 0 Å². The summed E-state index contributed by atoms with van der Waals surface area (Å²) < 4.78 is 10.4. The predicted molar refractivity (Wildman–Crippen MR) is 96.1 cm³/mol. The number of hydrogen-bond acceptors (Lipinski definition) is 5. The molecule has 2 aromatic carbocycles. The predicted octanol–water partition coefficient (Wildman–Crippen LogP) is 3.29. The lowest BCUT2D eigenvalue weighted by Crippen LogP contribution is -2.48. The van der Waals surface area contributed by atoms with E-state index in [0.717, 1.165) is 5.56 Å². The monoisotopic (exact) mass is 340 g/mol. The molecule has 1 amide bonds. The second-order valence-corrected chi connectivity index (χ2v) is 6.31. The summed E-state index contributed by atoms with van der Waals surface area (Å²) in [5.74, 6) is -0.120. The molecular weight excluding hydrogens is 320 g/mol. The van der Waals surface area contributed by atoms with Crippen LogP contribution in [0, 0.1) is 0 Å². The lowest BCUT2D eigenvalue weighted by molar-refractivity contribution is -0.119. The molecule has 130 valence electrons. The zero-order valence-corrected chi connectivity index (χ0v) is 14.6. The summed E-state index contributed by atoms with van der Waals surface area (Å²) in [6.07, 6.45) is 0. The van der Waals surface area contributed by atoms with Crippen LogP contribution < -0.4 is 15.4 Å². The lowest BCUT2D eigenvalue weighted by Gasteiger charge is -2.34. The Morgan fingerprint density at radius 3 is 2.44 bits per heavy atom. The summed E-state index contributed by atoms with van der Waals surface area (Å²) in [7, 11) is 2.89. The first-order chi connectivity index (χ1) is 11.9. The molecule has 1 heterocycles. The summed E-state index contributed by atoms with van der Waals surface area (Å²) in [5.41, 5.74) is 1.98. The Bertz CT molecular complexity index is 858. The molecule has 0 unspecified atom stereocenters. The molecule has 6 nitrogen and oxygen atoms in total. The van der Waals surface area contributed by atoms with Gasteiger partial charge in [-0.05, 0) is 26.0 Å².